The molecule has 1 unspecified atom stereocenters. The first-order valence-electron chi connectivity index (χ1n) is 4.94. The van der Waals surface area contributed by atoms with E-state index in [0.29, 0.717) is 0 Å². The van der Waals surface area contributed by atoms with Crippen LogP contribution in [0, 0.1) is 0 Å². The minimum Gasteiger partial charge on any atom is -0.488 e. The van der Waals surface area contributed by atoms with Crippen molar-refractivity contribution in [3.63, 3.8) is 0 Å². The van der Waals surface area contributed by atoms with E-state index in [1.807, 2.05) is 0 Å². The van der Waals surface area contributed by atoms with Crippen LogP contribution in [0.4, 0.5) is 0 Å². The van der Waals surface area contributed by atoms with Gasteiger partial charge in [-0.15, -0.1) is 0 Å². The topological polar surface area (TPSA) is 9.23 Å². The van der Waals surface area contributed by atoms with E-state index in [-0.39, 0.29) is 5.60 Å². The molecule has 0 N–H and O–H groups in total. The Morgan fingerprint density at radius 1 is 1.38 bits per heavy atom. The third-order valence-corrected chi connectivity index (χ3v) is 2.58. The zero-order valence-corrected chi connectivity index (χ0v) is 9.40. The lowest BCUT2D eigenvalue weighted by atomic mass is 9.92. The van der Waals surface area contributed by atoms with Crippen molar-refractivity contribution in [1.29, 1.82) is 0 Å². The summed E-state index contributed by atoms with van der Waals surface area (Å²) in [6.07, 6.45) is 4.48. The molecule has 0 saturated heterocycles. The number of hydrogen-bond acceptors (Lipinski definition) is 1. The minimum atomic E-state index is -0.0670. The van der Waals surface area contributed by atoms with Gasteiger partial charge < -0.3 is 4.74 Å². The maximum atomic E-state index is 5.90. The van der Waals surface area contributed by atoms with Crippen LogP contribution in [0.3, 0.4) is 0 Å². The van der Waals surface area contributed by atoms with E-state index in [9.17, 15) is 0 Å². The lowest BCUT2D eigenvalue weighted by Crippen LogP contribution is -2.29. The highest BCUT2D eigenvalue weighted by Crippen LogP contribution is 2.32. The van der Waals surface area contributed by atoms with E-state index in [1.54, 1.807) is 0 Å². The van der Waals surface area contributed by atoms with Gasteiger partial charge in [0.05, 0.1) is 5.76 Å². The summed E-state index contributed by atoms with van der Waals surface area (Å²) in [6.45, 7) is 10.6. The predicted octanol–water partition coefficient (Wildman–Crippen LogP) is 3.82. The Morgan fingerprint density at radius 2 is 2.00 bits per heavy atom. The van der Waals surface area contributed by atoms with Gasteiger partial charge in [-0.2, -0.15) is 0 Å². The van der Waals surface area contributed by atoms with Crippen molar-refractivity contribution in [3.05, 3.63) is 23.0 Å². The first-order valence-corrected chi connectivity index (χ1v) is 4.94. The van der Waals surface area contributed by atoms with Gasteiger partial charge in [0.2, 0.25) is 0 Å². The summed E-state index contributed by atoms with van der Waals surface area (Å²) in [5, 5.41) is 0. The van der Waals surface area contributed by atoms with Gasteiger partial charge in [0, 0.05) is 0 Å². The molecular weight excluding hydrogens is 160 g/mol. The van der Waals surface area contributed by atoms with Crippen LogP contribution in [-0.2, 0) is 4.74 Å². The van der Waals surface area contributed by atoms with E-state index < -0.39 is 0 Å². The molecule has 1 aliphatic rings. The maximum absolute atomic E-state index is 5.90. The van der Waals surface area contributed by atoms with Crippen molar-refractivity contribution in [2.45, 2.75) is 53.1 Å². The number of allylic oxidation sites excluding steroid dienone is 3. The average molecular weight is 180 g/mol. The van der Waals surface area contributed by atoms with Crippen LogP contribution in [0.5, 0.6) is 0 Å². The van der Waals surface area contributed by atoms with Gasteiger partial charge >= 0.3 is 0 Å². The average Bonchev–Trinajstić information content (AvgIpc) is 1.96. The fourth-order valence-electron chi connectivity index (χ4n) is 1.81. The smallest absolute Gasteiger partial charge is 0.124 e. The van der Waals surface area contributed by atoms with Crippen LogP contribution in [-0.4, -0.2) is 5.60 Å². The highest BCUT2D eigenvalue weighted by atomic mass is 16.5. The van der Waals surface area contributed by atoms with Crippen molar-refractivity contribution in [2.75, 3.05) is 0 Å². The molecule has 0 aromatic rings. The van der Waals surface area contributed by atoms with E-state index >= 15 is 0 Å². The maximum Gasteiger partial charge on any atom is 0.124 e. The molecule has 0 bridgehead atoms. The molecule has 0 aromatic heterocycles. The Hall–Kier alpha value is -0.720. The van der Waals surface area contributed by atoms with Crippen molar-refractivity contribution in [1.82, 2.24) is 0 Å². The Labute approximate surface area is 81.5 Å². The fraction of sp³-hybridized carbons (Fsp3) is 0.667. The molecule has 1 heteroatoms. The van der Waals surface area contributed by atoms with Gasteiger partial charge in [-0.05, 0) is 59.1 Å². The minimum absolute atomic E-state index is 0.0670. The first kappa shape index (κ1) is 10.4. The van der Waals surface area contributed by atoms with Crippen molar-refractivity contribution in [3.8, 4) is 0 Å². The Bertz CT molecular complexity index is 256. The molecule has 0 aromatic carbocycles. The molecule has 0 fully saturated rings. The Balaban J connectivity index is 2.82. The van der Waals surface area contributed by atoms with Crippen LogP contribution >= 0.6 is 0 Å². The van der Waals surface area contributed by atoms with Crippen LogP contribution in [0.2, 0.25) is 0 Å². The van der Waals surface area contributed by atoms with E-state index in [2.05, 4.69) is 40.7 Å². The summed E-state index contributed by atoms with van der Waals surface area (Å²) in [6, 6.07) is 0. The Kier molecular flexibility index (Phi) is 2.84. The van der Waals surface area contributed by atoms with E-state index in [0.717, 1.165) is 18.6 Å². The molecule has 0 amide bonds. The van der Waals surface area contributed by atoms with Gasteiger partial charge in [-0.1, -0.05) is 5.57 Å². The first-order chi connectivity index (χ1) is 5.93. The van der Waals surface area contributed by atoms with Crippen molar-refractivity contribution in [2.24, 2.45) is 0 Å². The van der Waals surface area contributed by atoms with Gasteiger partial charge in [-0.3, -0.25) is 0 Å². The summed E-state index contributed by atoms with van der Waals surface area (Å²) >= 11 is 0. The van der Waals surface area contributed by atoms with Gasteiger partial charge in [0.25, 0.3) is 0 Å². The van der Waals surface area contributed by atoms with Crippen molar-refractivity contribution < 1.29 is 4.74 Å². The largest absolute Gasteiger partial charge is 0.488 e. The molecule has 1 atom stereocenters. The normalized spacial score (nSPS) is 28.4. The summed E-state index contributed by atoms with van der Waals surface area (Å²) in [7, 11) is 0. The van der Waals surface area contributed by atoms with Gasteiger partial charge in [0.15, 0.2) is 0 Å². The molecule has 1 aliphatic heterocycles. The molecule has 0 aliphatic carbocycles. The van der Waals surface area contributed by atoms with Gasteiger partial charge in [-0.25, -0.2) is 0 Å². The Morgan fingerprint density at radius 3 is 2.46 bits per heavy atom. The van der Waals surface area contributed by atoms with E-state index in [4.69, 9.17) is 4.74 Å². The van der Waals surface area contributed by atoms with Crippen molar-refractivity contribution >= 4 is 0 Å². The number of ether oxygens (including phenoxy) is 1. The second kappa shape index (κ2) is 3.57. The van der Waals surface area contributed by atoms with Crippen LogP contribution in [0.1, 0.15) is 47.5 Å². The van der Waals surface area contributed by atoms with Gasteiger partial charge in [0.1, 0.15) is 5.60 Å². The molecule has 13 heavy (non-hydrogen) atoms. The molecular formula is C12H20O. The molecule has 0 radical (unpaired) electrons. The van der Waals surface area contributed by atoms with Crippen LogP contribution < -0.4 is 0 Å². The number of hydrogen-bond donors (Lipinski definition) is 0. The zero-order chi connectivity index (χ0) is 10.1. The summed E-state index contributed by atoms with van der Waals surface area (Å²) in [4.78, 5) is 0. The van der Waals surface area contributed by atoms with E-state index in [1.165, 1.54) is 11.1 Å². The highest BCUT2D eigenvalue weighted by Gasteiger charge is 2.27. The fourth-order valence-corrected chi connectivity index (χ4v) is 1.81. The second-order valence-electron chi connectivity index (χ2n) is 4.47. The lowest BCUT2D eigenvalue weighted by Gasteiger charge is -2.33. The predicted molar refractivity (Wildman–Crippen MR) is 56.5 cm³/mol. The summed E-state index contributed by atoms with van der Waals surface area (Å²) in [5.41, 5.74) is 2.65. The third-order valence-electron chi connectivity index (χ3n) is 2.58. The highest BCUT2D eigenvalue weighted by molar-refractivity contribution is 5.16. The molecule has 0 spiro atoms. The second-order valence-corrected chi connectivity index (χ2v) is 4.47. The SMILES string of the molecule is CC(C)=CC1(C)CCC(C)=C(C)O1. The zero-order valence-electron chi connectivity index (χ0n) is 9.40. The van der Waals surface area contributed by atoms with Crippen LogP contribution in [0.25, 0.3) is 0 Å². The third kappa shape index (κ3) is 2.61. The summed E-state index contributed by atoms with van der Waals surface area (Å²) in [5.74, 6) is 1.10. The summed E-state index contributed by atoms with van der Waals surface area (Å²) < 4.78 is 5.90. The quantitative estimate of drug-likeness (QED) is 0.557. The number of rotatable bonds is 1. The molecule has 1 rings (SSSR count). The monoisotopic (exact) mass is 180 g/mol. The molecule has 74 valence electrons. The van der Waals surface area contributed by atoms with Crippen LogP contribution in [0.15, 0.2) is 23.0 Å². The molecule has 1 heterocycles. The lowest BCUT2D eigenvalue weighted by molar-refractivity contribution is 0.0386. The molecule has 1 nitrogen and oxygen atoms in total. The standard InChI is InChI=1S/C12H20O/c1-9(2)8-12(5)7-6-10(3)11(4)13-12/h8H,6-7H2,1-5H3. The molecule has 0 saturated carbocycles.